The average molecular weight is 417 g/mol. The molecule has 2 fully saturated rings. The van der Waals surface area contributed by atoms with Gasteiger partial charge in [0.2, 0.25) is 0 Å². The highest BCUT2D eigenvalue weighted by molar-refractivity contribution is 7.99. The van der Waals surface area contributed by atoms with E-state index in [1.807, 2.05) is 13.8 Å². The van der Waals surface area contributed by atoms with Crippen molar-refractivity contribution in [1.29, 1.82) is 0 Å². The Kier molecular flexibility index (Phi) is 6.74. The number of nitrogens with one attached hydrogen (secondary N) is 1. The van der Waals surface area contributed by atoms with E-state index < -0.39 is 5.79 Å². The van der Waals surface area contributed by atoms with Crippen molar-refractivity contribution in [3.63, 3.8) is 0 Å². The summed E-state index contributed by atoms with van der Waals surface area (Å²) < 4.78 is 18.3. The number of fused-ring (bicyclic) bond motifs is 1. The van der Waals surface area contributed by atoms with E-state index in [1.165, 1.54) is 0 Å². The molecule has 0 bridgehead atoms. The molecule has 1 aromatic rings. The predicted molar refractivity (Wildman–Crippen MR) is 108 cm³/mol. The fourth-order valence-corrected chi connectivity index (χ4v) is 4.39. The number of ether oxygens (including phenoxy) is 3. The number of rotatable bonds is 8. The second kappa shape index (κ2) is 8.69. The molecule has 1 aromatic heterocycles. The van der Waals surface area contributed by atoms with Crippen LogP contribution < -0.4 is 11.1 Å². The summed E-state index contributed by atoms with van der Waals surface area (Å²) in [5, 5.41) is 4.31. The molecular formula is C18H29ClN4O3S. The molecule has 9 heteroatoms. The van der Waals surface area contributed by atoms with Crippen LogP contribution in [0, 0.1) is 0 Å². The number of halogens is 1. The number of nitrogens with zero attached hydrogens (tertiary/aromatic N) is 2. The first-order chi connectivity index (χ1) is 12.8. The highest BCUT2D eigenvalue weighted by Crippen LogP contribution is 2.41. The SMILES string of the molecule is CCCO[C@H]1C[C@@H](Nc2nc(SCCC)nc(Cl)c2N)[C@@H]2OC(C)(C)O[C@@H]21. The highest BCUT2D eigenvalue weighted by Gasteiger charge is 2.54. The number of thioether (sulfide) groups is 1. The summed E-state index contributed by atoms with van der Waals surface area (Å²) >= 11 is 7.79. The molecule has 2 heterocycles. The van der Waals surface area contributed by atoms with Crippen molar-refractivity contribution in [1.82, 2.24) is 9.97 Å². The number of hydrogen-bond donors (Lipinski definition) is 2. The third-order valence-electron chi connectivity index (χ3n) is 4.58. The maximum atomic E-state index is 6.23. The molecule has 0 amide bonds. The Labute approximate surface area is 170 Å². The van der Waals surface area contributed by atoms with Gasteiger partial charge in [0.15, 0.2) is 21.9 Å². The molecule has 0 spiro atoms. The van der Waals surface area contributed by atoms with Crippen molar-refractivity contribution in [2.45, 2.75) is 82.3 Å². The second-order valence-corrected chi connectivity index (χ2v) is 8.79. The Balaban J connectivity index is 1.79. The monoisotopic (exact) mass is 416 g/mol. The van der Waals surface area contributed by atoms with Gasteiger partial charge in [0.25, 0.3) is 0 Å². The van der Waals surface area contributed by atoms with E-state index in [2.05, 4.69) is 29.1 Å². The van der Waals surface area contributed by atoms with E-state index in [0.717, 1.165) is 25.0 Å². The van der Waals surface area contributed by atoms with Crippen LogP contribution in [-0.2, 0) is 14.2 Å². The number of hydrogen-bond acceptors (Lipinski definition) is 8. The zero-order valence-electron chi connectivity index (χ0n) is 16.3. The van der Waals surface area contributed by atoms with Gasteiger partial charge in [0.05, 0.1) is 12.1 Å². The van der Waals surface area contributed by atoms with Crippen LogP contribution in [0.5, 0.6) is 0 Å². The molecule has 1 aliphatic heterocycles. The number of nitrogen functional groups attached to an aromatic ring is 1. The fraction of sp³-hybridized carbons (Fsp3) is 0.778. The van der Waals surface area contributed by atoms with Gasteiger partial charge in [-0.1, -0.05) is 37.2 Å². The Morgan fingerprint density at radius 3 is 2.70 bits per heavy atom. The normalized spacial score (nSPS) is 29.1. The summed E-state index contributed by atoms with van der Waals surface area (Å²) in [5.74, 6) is 0.827. The molecule has 0 aromatic carbocycles. The molecule has 4 atom stereocenters. The smallest absolute Gasteiger partial charge is 0.191 e. The largest absolute Gasteiger partial charge is 0.393 e. The van der Waals surface area contributed by atoms with Crippen molar-refractivity contribution in [2.24, 2.45) is 0 Å². The molecule has 7 nitrogen and oxygen atoms in total. The lowest BCUT2D eigenvalue weighted by Crippen LogP contribution is -2.35. The number of nitrogens with two attached hydrogens (primary N) is 1. The van der Waals surface area contributed by atoms with Gasteiger partial charge in [-0.15, -0.1) is 0 Å². The van der Waals surface area contributed by atoms with Crippen LogP contribution in [-0.4, -0.2) is 52.5 Å². The summed E-state index contributed by atoms with van der Waals surface area (Å²) in [6.45, 7) is 8.75. The van der Waals surface area contributed by atoms with Gasteiger partial charge >= 0.3 is 0 Å². The molecule has 1 saturated carbocycles. The lowest BCUT2D eigenvalue weighted by Gasteiger charge is -2.24. The maximum Gasteiger partial charge on any atom is 0.191 e. The van der Waals surface area contributed by atoms with Gasteiger partial charge in [-0.25, -0.2) is 9.97 Å². The third-order valence-corrected chi connectivity index (χ3v) is 5.93. The van der Waals surface area contributed by atoms with Crippen molar-refractivity contribution < 1.29 is 14.2 Å². The Hall–Kier alpha value is -0.800. The third kappa shape index (κ3) is 4.79. The molecule has 1 aliphatic carbocycles. The minimum absolute atomic E-state index is 0.0262. The Morgan fingerprint density at radius 2 is 2.00 bits per heavy atom. The van der Waals surface area contributed by atoms with Crippen molar-refractivity contribution in [3.8, 4) is 0 Å². The van der Waals surface area contributed by atoms with Crippen LogP contribution in [0.25, 0.3) is 0 Å². The minimum Gasteiger partial charge on any atom is -0.393 e. The van der Waals surface area contributed by atoms with Gasteiger partial charge in [-0.2, -0.15) is 0 Å². The highest BCUT2D eigenvalue weighted by atomic mass is 35.5. The number of aromatic nitrogens is 2. The lowest BCUT2D eigenvalue weighted by atomic mass is 10.2. The van der Waals surface area contributed by atoms with Crippen LogP contribution in [0.15, 0.2) is 5.16 Å². The average Bonchev–Trinajstić information content (AvgIpc) is 3.09. The van der Waals surface area contributed by atoms with Gasteiger partial charge in [-0.05, 0) is 33.1 Å². The van der Waals surface area contributed by atoms with Crippen LogP contribution >= 0.6 is 23.4 Å². The molecule has 152 valence electrons. The molecule has 0 radical (unpaired) electrons. The maximum absolute atomic E-state index is 6.23. The van der Waals surface area contributed by atoms with E-state index in [4.69, 9.17) is 31.5 Å². The van der Waals surface area contributed by atoms with E-state index >= 15 is 0 Å². The molecule has 1 saturated heterocycles. The predicted octanol–water partition coefficient (Wildman–Crippen LogP) is 3.71. The van der Waals surface area contributed by atoms with Crippen LogP contribution in [0.3, 0.4) is 0 Å². The summed E-state index contributed by atoms with van der Waals surface area (Å²) in [5.41, 5.74) is 6.48. The molecule has 3 N–H and O–H groups in total. The van der Waals surface area contributed by atoms with Gasteiger partial charge in [-0.3, -0.25) is 0 Å². The Bertz CT molecular complexity index is 664. The number of anilines is 2. The molecule has 2 aliphatic rings. The topological polar surface area (TPSA) is 91.5 Å². The van der Waals surface area contributed by atoms with Gasteiger partial charge in [0.1, 0.15) is 17.9 Å². The molecule has 0 unspecified atom stereocenters. The molecule has 27 heavy (non-hydrogen) atoms. The first-order valence-electron chi connectivity index (χ1n) is 9.54. The van der Waals surface area contributed by atoms with Crippen molar-refractivity contribution in [3.05, 3.63) is 5.15 Å². The van der Waals surface area contributed by atoms with E-state index in [9.17, 15) is 0 Å². The quantitative estimate of drug-likeness (QED) is 0.376. The summed E-state index contributed by atoms with van der Waals surface area (Å²) in [6, 6.07) is -0.0316. The van der Waals surface area contributed by atoms with Gasteiger partial charge in [0, 0.05) is 12.4 Å². The minimum atomic E-state index is -0.638. The Morgan fingerprint density at radius 1 is 1.26 bits per heavy atom. The molecular weight excluding hydrogens is 388 g/mol. The zero-order chi connectivity index (χ0) is 19.6. The lowest BCUT2D eigenvalue weighted by molar-refractivity contribution is -0.167. The fourth-order valence-electron chi connectivity index (χ4n) is 3.47. The van der Waals surface area contributed by atoms with Crippen LogP contribution in [0.1, 0.15) is 47.0 Å². The summed E-state index contributed by atoms with van der Waals surface area (Å²) in [6.07, 6.45) is 2.47. The second-order valence-electron chi connectivity index (χ2n) is 7.37. The van der Waals surface area contributed by atoms with E-state index in [-0.39, 0.29) is 29.5 Å². The summed E-state index contributed by atoms with van der Waals surface area (Å²) in [4.78, 5) is 8.83. The molecule has 3 rings (SSSR count). The van der Waals surface area contributed by atoms with E-state index in [0.29, 0.717) is 23.3 Å². The van der Waals surface area contributed by atoms with Gasteiger partial charge < -0.3 is 25.3 Å². The standard InChI is InChI=1S/C18H29ClN4O3S/c1-5-7-24-11-9-10(13-14(11)26-18(3,4)25-13)21-16-12(20)15(19)22-17(23-16)27-8-6-2/h10-11,13-14H,5-9,20H2,1-4H3,(H,21,22,23)/t10-,11+,13+,14-/m1/s1. The van der Waals surface area contributed by atoms with Crippen LogP contribution in [0.2, 0.25) is 5.15 Å². The van der Waals surface area contributed by atoms with Crippen molar-refractivity contribution in [2.75, 3.05) is 23.4 Å². The zero-order valence-corrected chi connectivity index (χ0v) is 17.9. The first kappa shape index (κ1) is 20.9. The van der Waals surface area contributed by atoms with Crippen molar-refractivity contribution >= 4 is 34.9 Å². The van der Waals surface area contributed by atoms with E-state index in [1.54, 1.807) is 11.8 Å². The van der Waals surface area contributed by atoms with Crippen LogP contribution in [0.4, 0.5) is 11.5 Å². The summed E-state index contributed by atoms with van der Waals surface area (Å²) in [7, 11) is 0. The first-order valence-corrected chi connectivity index (χ1v) is 10.9.